The molecule has 1 saturated heterocycles. The van der Waals surface area contributed by atoms with E-state index in [9.17, 15) is 8.42 Å². The molecule has 1 aliphatic rings. The zero-order valence-electron chi connectivity index (χ0n) is 16.3. The molecule has 0 spiro atoms. The molecule has 0 atom stereocenters. The van der Waals surface area contributed by atoms with E-state index in [1.165, 1.54) is 0 Å². The van der Waals surface area contributed by atoms with Gasteiger partial charge in [0.15, 0.2) is 0 Å². The first-order valence-electron chi connectivity index (χ1n) is 9.42. The number of para-hydroxylation sites is 1. The molecule has 1 heterocycles. The normalized spacial score (nSPS) is 16.4. The standard InChI is InChI=1S/C21H28N2O3S/c1-4-26-20-8-6-5-7-19(20)16-22-11-13-23(14-12-22)27(24,25)21-10-9-17(2)15-18(21)3/h5-10,15H,4,11-14,16H2,1-3H3. The van der Waals surface area contributed by atoms with Gasteiger partial charge in [0.1, 0.15) is 5.75 Å². The highest BCUT2D eigenvalue weighted by molar-refractivity contribution is 7.89. The van der Waals surface area contributed by atoms with Gasteiger partial charge in [0.2, 0.25) is 10.0 Å². The molecule has 27 heavy (non-hydrogen) atoms. The number of aryl methyl sites for hydroxylation is 2. The zero-order chi connectivity index (χ0) is 19.4. The van der Waals surface area contributed by atoms with Gasteiger partial charge in [-0.15, -0.1) is 0 Å². The number of rotatable bonds is 6. The lowest BCUT2D eigenvalue weighted by Crippen LogP contribution is -2.48. The monoisotopic (exact) mass is 388 g/mol. The molecular formula is C21H28N2O3S. The summed E-state index contributed by atoms with van der Waals surface area (Å²) in [5.74, 6) is 0.908. The highest BCUT2D eigenvalue weighted by Gasteiger charge is 2.29. The van der Waals surface area contributed by atoms with Gasteiger partial charge in [-0.3, -0.25) is 4.90 Å². The SMILES string of the molecule is CCOc1ccccc1CN1CCN(S(=O)(=O)c2ccc(C)cc2C)CC1. The fraction of sp³-hybridized carbons (Fsp3) is 0.429. The topological polar surface area (TPSA) is 49.9 Å². The van der Waals surface area contributed by atoms with Gasteiger partial charge in [-0.2, -0.15) is 4.31 Å². The molecule has 0 aliphatic carbocycles. The Hall–Kier alpha value is -1.89. The Labute approximate surface area is 162 Å². The minimum atomic E-state index is -3.44. The van der Waals surface area contributed by atoms with Crippen LogP contribution in [-0.4, -0.2) is 50.4 Å². The van der Waals surface area contributed by atoms with Crippen LogP contribution in [0.2, 0.25) is 0 Å². The van der Waals surface area contributed by atoms with Crippen LogP contribution in [0, 0.1) is 13.8 Å². The molecule has 0 amide bonds. The van der Waals surface area contributed by atoms with Crippen molar-refractivity contribution in [3.63, 3.8) is 0 Å². The smallest absolute Gasteiger partial charge is 0.243 e. The molecule has 2 aromatic carbocycles. The lowest BCUT2D eigenvalue weighted by molar-refractivity contribution is 0.179. The van der Waals surface area contributed by atoms with Gasteiger partial charge in [0.25, 0.3) is 0 Å². The highest BCUT2D eigenvalue weighted by atomic mass is 32.2. The van der Waals surface area contributed by atoms with Crippen molar-refractivity contribution in [2.24, 2.45) is 0 Å². The molecule has 0 bridgehead atoms. The van der Waals surface area contributed by atoms with Crippen molar-refractivity contribution in [2.45, 2.75) is 32.2 Å². The summed E-state index contributed by atoms with van der Waals surface area (Å²) in [6.07, 6.45) is 0. The average molecular weight is 389 g/mol. The zero-order valence-corrected chi connectivity index (χ0v) is 17.1. The van der Waals surface area contributed by atoms with Crippen LogP contribution in [0.4, 0.5) is 0 Å². The van der Waals surface area contributed by atoms with Crippen molar-refractivity contribution >= 4 is 10.0 Å². The van der Waals surface area contributed by atoms with Crippen LogP contribution < -0.4 is 4.74 Å². The third kappa shape index (κ3) is 4.51. The van der Waals surface area contributed by atoms with Crippen molar-refractivity contribution in [3.8, 4) is 5.75 Å². The first kappa shape index (κ1) is 19.9. The maximum atomic E-state index is 13.0. The van der Waals surface area contributed by atoms with Gasteiger partial charge in [-0.05, 0) is 38.5 Å². The molecule has 0 N–H and O–H groups in total. The van der Waals surface area contributed by atoms with Crippen molar-refractivity contribution in [3.05, 3.63) is 59.2 Å². The number of ether oxygens (including phenoxy) is 1. The second kappa shape index (κ2) is 8.42. The van der Waals surface area contributed by atoms with E-state index in [-0.39, 0.29) is 0 Å². The van der Waals surface area contributed by atoms with E-state index in [4.69, 9.17) is 4.74 Å². The Kier molecular flexibility index (Phi) is 6.19. The number of hydrogen-bond donors (Lipinski definition) is 0. The summed E-state index contributed by atoms with van der Waals surface area (Å²) in [7, 11) is -3.44. The van der Waals surface area contributed by atoms with Gasteiger partial charge < -0.3 is 4.74 Å². The number of sulfonamides is 1. The van der Waals surface area contributed by atoms with Crippen LogP contribution >= 0.6 is 0 Å². The average Bonchev–Trinajstić information content (AvgIpc) is 2.64. The second-order valence-electron chi connectivity index (χ2n) is 6.99. The van der Waals surface area contributed by atoms with Crippen LogP contribution in [0.15, 0.2) is 47.4 Å². The summed E-state index contributed by atoms with van der Waals surface area (Å²) in [5, 5.41) is 0. The predicted molar refractivity (Wildman–Crippen MR) is 108 cm³/mol. The number of hydrogen-bond acceptors (Lipinski definition) is 4. The van der Waals surface area contributed by atoms with E-state index in [1.54, 1.807) is 10.4 Å². The maximum Gasteiger partial charge on any atom is 0.243 e. The molecule has 0 unspecified atom stereocenters. The quantitative estimate of drug-likeness (QED) is 0.762. The Morgan fingerprint density at radius 3 is 2.37 bits per heavy atom. The molecule has 3 rings (SSSR count). The van der Waals surface area contributed by atoms with Crippen LogP contribution in [-0.2, 0) is 16.6 Å². The predicted octanol–water partition coefficient (Wildman–Crippen LogP) is 3.21. The van der Waals surface area contributed by atoms with Crippen LogP contribution in [0.1, 0.15) is 23.6 Å². The van der Waals surface area contributed by atoms with Crippen LogP contribution in [0.3, 0.4) is 0 Å². The van der Waals surface area contributed by atoms with Crippen molar-refractivity contribution < 1.29 is 13.2 Å². The van der Waals surface area contributed by atoms with E-state index in [1.807, 2.05) is 51.1 Å². The molecule has 0 aromatic heterocycles. The number of nitrogens with zero attached hydrogens (tertiary/aromatic N) is 2. The lowest BCUT2D eigenvalue weighted by Gasteiger charge is -2.34. The minimum Gasteiger partial charge on any atom is -0.494 e. The molecule has 1 fully saturated rings. The second-order valence-corrected chi connectivity index (χ2v) is 8.90. The molecule has 6 heteroatoms. The fourth-order valence-corrected chi connectivity index (χ4v) is 5.16. The van der Waals surface area contributed by atoms with Crippen molar-refractivity contribution in [2.75, 3.05) is 32.8 Å². The third-order valence-electron chi connectivity index (χ3n) is 4.95. The van der Waals surface area contributed by atoms with Gasteiger partial charge in [-0.1, -0.05) is 35.9 Å². The fourth-order valence-electron chi connectivity index (χ4n) is 3.53. The first-order chi connectivity index (χ1) is 12.9. The van der Waals surface area contributed by atoms with E-state index < -0.39 is 10.0 Å². The Morgan fingerprint density at radius 2 is 1.70 bits per heavy atom. The van der Waals surface area contributed by atoms with Gasteiger partial charge in [-0.25, -0.2) is 8.42 Å². The van der Waals surface area contributed by atoms with Crippen LogP contribution in [0.25, 0.3) is 0 Å². The van der Waals surface area contributed by atoms with E-state index >= 15 is 0 Å². The summed E-state index contributed by atoms with van der Waals surface area (Å²) >= 11 is 0. The molecular weight excluding hydrogens is 360 g/mol. The minimum absolute atomic E-state index is 0.420. The maximum absolute atomic E-state index is 13.0. The molecule has 2 aromatic rings. The Balaban J connectivity index is 1.67. The van der Waals surface area contributed by atoms with E-state index in [0.717, 1.165) is 29.0 Å². The summed E-state index contributed by atoms with van der Waals surface area (Å²) < 4.78 is 33.3. The summed E-state index contributed by atoms with van der Waals surface area (Å²) in [5.41, 5.74) is 3.03. The molecule has 146 valence electrons. The first-order valence-corrected chi connectivity index (χ1v) is 10.9. The van der Waals surface area contributed by atoms with E-state index in [2.05, 4.69) is 11.0 Å². The summed E-state index contributed by atoms with van der Waals surface area (Å²) in [4.78, 5) is 2.70. The molecule has 0 saturated carbocycles. The van der Waals surface area contributed by atoms with Crippen molar-refractivity contribution in [1.82, 2.24) is 9.21 Å². The van der Waals surface area contributed by atoms with Gasteiger partial charge >= 0.3 is 0 Å². The number of piperazine rings is 1. The molecule has 5 nitrogen and oxygen atoms in total. The molecule has 1 aliphatic heterocycles. The Bertz CT molecular complexity index is 888. The highest BCUT2D eigenvalue weighted by Crippen LogP contribution is 2.24. The Morgan fingerprint density at radius 1 is 1.00 bits per heavy atom. The van der Waals surface area contributed by atoms with Crippen molar-refractivity contribution in [1.29, 1.82) is 0 Å². The number of benzene rings is 2. The summed E-state index contributed by atoms with van der Waals surface area (Å²) in [6, 6.07) is 13.6. The lowest BCUT2D eigenvalue weighted by atomic mass is 10.2. The third-order valence-corrected chi connectivity index (χ3v) is 7.00. The van der Waals surface area contributed by atoms with Gasteiger partial charge in [0, 0.05) is 38.3 Å². The van der Waals surface area contributed by atoms with Crippen LogP contribution in [0.5, 0.6) is 5.75 Å². The van der Waals surface area contributed by atoms with Gasteiger partial charge in [0.05, 0.1) is 11.5 Å². The molecule has 0 radical (unpaired) electrons. The summed E-state index contributed by atoms with van der Waals surface area (Å²) in [6.45, 7) is 9.66. The van der Waals surface area contributed by atoms with E-state index in [0.29, 0.717) is 37.7 Å². The largest absolute Gasteiger partial charge is 0.494 e.